The van der Waals surface area contributed by atoms with Crippen LogP contribution in [0.25, 0.3) is 0 Å². The van der Waals surface area contributed by atoms with E-state index < -0.39 is 5.97 Å². The van der Waals surface area contributed by atoms with E-state index in [1.807, 2.05) is 6.92 Å². The minimum absolute atomic E-state index is 0.167. The van der Waals surface area contributed by atoms with E-state index >= 15 is 0 Å². The number of aryl methyl sites for hydroxylation is 1. The number of aromatic nitrogens is 1. The quantitative estimate of drug-likeness (QED) is 0.896. The van der Waals surface area contributed by atoms with Crippen molar-refractivity contribution < 1.29 is 14.6 Å². The van der Waals surface area contributed by atoms with Crippen molar-refractivity contribution >= 4 is 22.4 Å². The molecule has 2 rings (SSSR count). The normalized spacial score (nSPS) is 10.4. The van der Waals surface area contributed by atoms with Crippen LogP contribution in [0.2, 0.25) is 0 Å². The Kier molecular flexibility index (Phi) is 3.71. The van der Waals surface area contributed by atoms with E-state index in [1.165, 1.54) is 18.4 Å². The first-order valence-corrected chi connectivity index (χ1v) is 6.44. The number of carboxylic acid groups (broad SMARTS) is 1. The van der Waals surface area contributed by atoms with Gasteiger partial charge in [0.25, 0.3) is 0 Å². The average Bonchev–Trinajstić information content (AvgIpc) is 2.76. The Balaban J connectivity index is 2.40. The SMILES string of the molecule is COc1cc(C)c(Cc2cnc(N)s2)cc1C(=O)O. The fourth-order valence-corrected chi connectivity index (χ4v) is 2.55. The highest BCUT2D eigenvalue weighted by Gasteiger charge is 2.14. The van der Waals surface area contributed by atoms with E-state index in [9.17, 15) is 9.90 Å². The van der Waals surface area contributed by atoms with Crippen molar-refractivity contribution in [2.45, 2.75) is 13.3 Å². The number of thiazole rings is 1. The van der Waals surface area contributed by atoms with Gasteiger partial charge in [-0.05, 0) is 30.2 Å². The number of hydrogen-bond donors (Lipinski definition) is 2. The number of aromatic carboxylic acids is 1. The Bertz CT molecular complexity index is 622. The molecule has 0 radical (unpaired) electrons. The summed E-state index contributed by atoms with van der Waals surface area (Å²) in [6, 6.07) is 3.38. The highest BCUT2D eigenvalue weighted by molar-refractivity contribution is 7.15. The molecule has 0 bridgehead atoms. The maximum absolute atomic E-state index is 11.2. The fraction of sp³-hybridized carbons (Fsp3) is 0.231. The molecule has 0 saturated carbocycles. The van der Waals surface area contributed by atoms with Gasteiger partial charge >= 0.3 is 5.97 Å². The van der Waals surface area contributed by atoms with E-state index in [1.54, 1.807) is 18.3 Å². The molecule has 0 unspecified atom stereocenters. The summed E-state index contributed by atoms with van der Waals surface area (Å²) in [6.45, 7) is 1.92. The molecule has 0 saturated heterocycles. The Labute approximate surface area is 114 Å². The number of methoxy groups -OCH3 is 1. The lowest BCUT2D eigenvalue weighted by Crippen LogP contribution is -2.03. The zero-order valence-corrected chi connectivity index (χ0v) is 11.5. The summed E-state index contributed by atoms with van der Waals surface area (Å²) in [5.74, 6) is -0.625. The van der Waals surface area contributed by atoms with E-state index in [-0.39, 0.29) is 5.56 Å². The lowest BCUT2D eigenvalue weighted by molar-refractivity contribution is 0.0693. The molecule has 100 valence electrons. The minimum atomic E-state index is -0.998. The molecule has 0 aliphatic heterocycles. The second-order valence-electron chi connectivity index (χ2n) is 4.13. The fourth-order valence-electron chi connectivity index (χ4n) is 1.84. The van der Waals surface area contributed by atoms with Crippen LogP contribution in [0.15, 0.2) is 18.3 Å². The van der Waals surface area contributed by atoms with Crippen molar-refractivity contribution in [1.29, 1.82) is 0 Å². The standard InChI is InChI=1S/C13H14N2O3S/c1-7-3-11(18-2)10(12(16)17)5-8(7)4-9-6-15-13(14)19-9/h3,5-6H,4H2,1-2H3,(H2,14,15)(H,16,17). The third-order valence-corrected chi connectivity index (χ3v) is 3.65. The molecule has 0 atom stereocenters. The summed E-state index contributed by atoms with van der Waals surface area (Å²) < 4.78 is 5.09. The molecule has 1 heterocycles. The molecule has 3 N–H and O–H groups in total. The van der Waals surface area contributed by atoms with Crippen LogP contribution in [0.5, 0.6) is 5.75 Å². The van der Waals surface area contributed by atoms with Crippen molar-refractivity contribution in [3.8, 4) is 5.75 Å². The molecule has 0 spiro atoms. The van der Waals surface area contributed by atoms with Crippen molar-refractivity contribution in [2.24, 2.45) is 0 Å². The first-order chi connectivity index (χ1) is 9.01. The molecule has 5 nitrogen and oxygen atoms in total. The highest BCUT2D eigenvalue weighted by atomic mass is 32.1. The van der Waals surface area contributed by atoms with Crippen LogP contribution >= 0.6 is 11.3 Å². The number of nitrogen functional groups attached to an aromatic ring is 1. The maximum Gasteiger partial charge on any atom is 0.339 e. The van der Waals surface area contributed by atoms with Gasteiger partial charge in [-0.15, -0.1) is 11.3 Å². The number of carboxylic acids is 1. The number of nitrogens with two attached hydrogens (primary N) is 1. The number of carbonyl (C=O) groups is 1. The summed E-state index contributed by atoms with van der Waals surface area (Å²) in [7, 11) is 1.46. The van der Waals surface area contributed by atoms with Gasteiger partial charge in [-0.1, -0.05) is 0 Å². The zero-order chi connectivity index (χ0) is 14.0. The Hall–Kier alpha value is -2.08. The van der Waals surface area contributed by atoms with Gasteiger partial charge in [0.15, 0.2) is 5.13 Å². The van der Waals surface area contributed by atoms with Crippen molar-refractivity contribution in [2.75, 3.05) is 12.8 Å². The second kappa shape index (κ2) is 5.27. The van der Waals surface area contributed by atoms with Crippen molar-refractivity contribution in [3.63, 3.8) is 0 Å². The van der Waals surface area contributed by atoms with Crippen molar-refractivity contribution in [1.82, 2.24) is 4.98 Å². The summed E-state index contributed by atoms with van der Waals surface area (Å²) >= 11 is 1.40. The minimum Gasteiger partial charge on any atom is -0.496 e. The molecule has 6 heteroatoms. The molecule has 1 aromatic heterocycles. The van der Waals surface area contributed by atoms with E-state index in [0.717, 1.165) is 16.0 Å². The molecule has 2 aromatic rings. The summed E-state index contributed by atoms with van der Waals surface area (Å²) in [4.78, 5) is 16.2. The van der Waals surface area contributed by atoms with Crippen LogP contribution in [0, 0.1) is 6.92 Å². The number of hydrogen-bond acceptors (Lipinski definition) is 5. The number of anilines is 1. The van der Waals surface area contributed by atoms with Gasteiger partial charge < -0.3 is 15.6 Å². The smallest absolute Gasteiger partial charge is 0.339 e. The van der Waals surface area contributed by atoms with Crippen molar-refractivity contribution in [3.05, 3.63) is 39.9 Å². The van der Waals surface area contributed by atoms with Gasteiger partial charge in [0.05, 0.1) is 7.11 Å². The number of nitrogens with zero attached hydrogens (tertiary/aromatic N) is 1. The van der Waals surface area contributed by atoms with Gasteiger partial charge in [0.2, 0.25) is 0 Å². The van der Waals surface area contributed by atoms with E-state index in [2.05, 4.69) is 4.98 Å². The maximum atomic E-state index is 11.2. The van der Waals surface area contributed by atoms with Crippen LogP contribution in [0.1, 0.15) is 26.4 Å². The van der Waals surface area contributed by atoms with Gasteiger partial charge in [-0.2, -0.15) is 0 Å². The third-order valence-electron chi connectivity index (χ3n) is 2.82. The van der Waals surface area contributed by atoms with Crippen LogP contribution in [-0.2, 0) is 6.42 Å². The third kappa shape index (κ3) is 2.85. The van der Waals surface area contributed by atoms with E-state index in [0.29, 0.717) is 17.3 Å². The average molecular weight is 278 g/mol. The predicted octanol–water partition coefficient (Wildman–Crippen LogP) is 2.33. The molecule has 0 fully saturated rings. The number of ether oxygens (including phenoxy) is 1. The lowest BCUT2D eigenvalue weighted by Gasteiger charge is -2.10. The van der Waals surface area contributed by atoms with Gasteiger partial charge in [-0.3, -0.25) is 0 Å². The van der Waals surface area contributed by atoms with E-state index in [4.69, 9.17) is 10.5 Å². The Morgan fingerprint density at radius 2 is 2.26 bits per heavy atom. The van der Waals surface area contributed by atoms with Crippen LogP contribution in [0.3, 0.4) is 0 Å². The molecule has 0 amide bonds. The summed E-state index contributed by atoms with van der Waals surface area (Å²) in [5.41, 5.74) is 7.67. The molecule has 19 heavy (non-hydrogen) atoms. The lowest BCUT2D eigenvalue weighted by atomic mass is 10.0. The zero-order valence-electron chi connectivity index (χ0n) is 10.6. The molecule has 1 aromatic carbocycles. The monoisotopic (exact) mass is 278 g/mol. The largest absolute Gasteiger partial charge is 0.496 e. The van der Waals surface area contributed by atoms with Crippen LogP contribution in [-0.4, -0.2) is 23.2 Å². The molecular weight excluding hydrogens is 264 g/mol. The van der Waals surface area contributed by atoms with Crippen LogP contribution < -0.4 is 10.5 Å². The van der Waals surface area contributed by atoms with Gasteiger partial charge in [-0.25, -0.2) is 9.78 Å². The Morgan fingerprint density at radius 3 is 2.79 bits per heavy atom. The highest BCUT2D eigenvalue weighted by Crippen LogP contribution is 2.27. The summed E-state index contributed by atoms with van der Waals surface area (Å²) in [6.07, 6.45) is 2.33. The first-order valence-electron chi connectivity index (χ1n) is 5.62. The van der Waals surface area contributed by atoms with Crippen LogP contribution in [0.4, 0.5) is 5.13 Å². The van der Waals surface area contributed by atoms with Gasteiger partial charge in [0.1, 0.15) is 11.3 Å². The topological polar surface area (TPSA) is 85.4 Å². The second-order valence-corrected chi connectivity index (χ2v) is 5.27. The molecule has 0 aliphatic carbocycles. The summed E-state index contributed by atoms with van der Waals surface area (Å²) in [5, 5.41) is 9.69. The Morgan fingerprint density at radius 1 is 1.53 bits per heavy atom. The molecular formula is C13H14N2O3S. The first kappa shape index (κ1) is 13.4. The number of rotatable bonds is 4. The molecule has 0 aliphatic rings. The van der Waals surface area contributed by atoms with Gasteiger partial charge in [0, 0.05) is 17.5 Å². The number of benzene rings is 1. The predicted molar refractivity (Wildman–Crippen MR) is 74.0 cm³/mol.